The second-order valence-electron chi connectivity index (χ2n) is 8.92. The van der Waals surface area contributed by atoms with Crippen LogP contribution in [0.5, 0.6) is 17.4 Å². The van der Waals surface area contributed by atoms with Gasteiger partial charge in [-0.05, 0) is 60.7 Å². The second kappa shape index (κ2) is 12.1. The minimum absolute atomic E-state index is 0.115. The van der Waals surface area contributed by atoms with E-state index in [1.807, 2.05) is 54.3 Å². The molecular formula is C29H33N3O4. The van der Waals surface area contributed by atoms with Gasteiger partial charge < -0.3 is 24.4 Å². The lowest BCUT2D eigenvalue weighted by Crippen LogP contribution is -2.42. The van der Waals surface area contributed by atoms with Crippen molar-refractivity contribution in [1.29, 1.82) is 0 Å². The quantitative estimate of drug-likeness (QED) is 0.406. The summed E-state index contributed by atoms with van der Waals surface area (Å²) < 4.78 is 16.7. The molecular weight excluding hydrogens is 454 g/mol. The molecule has 1 aromatic heterocycles. The van der Waals surface area contributed by atoms with Crippen molar-refractivity contribution in [2.75, 3.05) is 38.7 Å². The number of hydrogen-bond donors (Lipinski definition) is 1. The first-order valence-electron chi connectivity index (χ1n) is 12.2. The third kappa shape index (κ3) is 7.01. The van der Waals surface area contributed by atoms with E-state index in [1.165, 1.54) is 11.1 Å². The SMILES string of the molecule is COc1ccc(NC(=O)N2CCC(=Cc3cccc(OCCOc4cccc(C)c4)c3)C(C)C2)cn1. The first kappa shape index (κ1) is 25.1. The summed E-state index contributed by atoms with van der Waals surface area (Å²) in [4.78, 5) is 18.7. The highest BCUT2D eigenvalue weighted by Crippen LogP contribution is 2.26. The lowest BCUT2D eigenvalue weighted by Gasteiger charge is -2.33. The zero-order valence-corrected chi connectivity index (χ0v) is 21.1. The average molecular weight is 488 g/mol. The number of pyridine rings is 1. The number of carbonyl (C=O) groups is 1. The standard InChI is InChI=1S/C29H33N3O4/c1-21-6-4-8-26(16-21)35-14-15-36-27-9-5-7-23(18-27)17-24-12-13-32(20-22(24)2)29(33)31-25-10-11-28(34-3)30-19-25/h4-11,16-19,22H,12-15,20H2,1-3H3,(H,31,33). The molecule has 1 fully saturated rings. The van der Waals surface area contributed by atoms with Crippen LogP contribution in [0.2, 0.25) is 0 Å². The number of carbonyl (C=O) groups excluding carboxylic acids is 1. The molecule has 7 nitrogen and oxygen atoms in total. The Morgan fingerprint density at radius 2 is 1.83 bits per heavy atom. The molecule has 0 spiro atoms. The molecule has 1 N–H and O–H groups in total. The molecule has 1 atom stereocenters. The number of nitrogens with zero attached hydrogens (tertiary/aromatic N) is 2. The van der Waals surface area contributed by atoms with Gasteiger partial charge >= 0.3 is 6.03 Å². The highest BCUT2D eigenvalue weighted by molar-refractivity contribution is 5.89. The van der Waals surface area contributed by atoms with E-state index in [-0.39, 0.29) is 11.9 Å². The number of piperidine rings is 1. The summed E-state index contributed by atoms with van der Waals surface area (Å²) in [6, 6.07) is 19.5. The maximum atomic E-state index is 12.7. The van der Waals surface area contributed by atoms with Gasteiger partial charge in [-0.1, -0.05) is 42.8 Å². The van der Waals surface area contributed by atoms with Gasteiger partial charge in [0.25, 0.3) is 0 Å². The first-order chi connectivity index (χ1) is 17.5. The molecule has 0 radical (unpaired) electrons. The van der Waals surface area contributed by atoms with Gasteiger partial charge in [0.1, 0.15) is 24.7 Å². The van der Waals surface area contributed by atoms with Crippen molar-refractivity contribution in [2.45, 2.75) is 20.3 Å². The van der Waals surface area contributed by atoms with Crippen LogP contribution < -0.4 is 19.5 Å². The Hall–Kier alpha value is -4.00. The van der Waals surface area contributed by atoms with Crippen LogP contribution in [-0.2, 0) is 0 Å². The van der Waals surface area contributed by atoms with E-state index in [4.69, 9.17) is 14.2 Å². The molecule has 2 aromatic carbocycles. The lowest BCUT2D eigenvalue weighted by atomic mass is 9.91. The van der Waals surface area contributed by atoms with Crippen molar-refractivity contribution in [3.63, 3.8) is 0 Å². The number of aromatic nitrogens is 1. The van der Waals surface area contributed by atoms with Gasteiger partial charge in [0.2, 0.25) is 5.88 Å². The van der Waals surface area contributed by atoms with Crippen molar-refractivity contribution in [3.8, 4) is 17.4 Å². The number of urea groups is 1. The van der Waals surface area contributed by atoms with Crippen molar-refractivity contribution in [3.05, 3.63) is 83.6 Å². The molecule has 0 bridgehead atoms. The lowest BCUT2D eigenvalue weighted by molar-refractivity contribution is 0.198. The Morgan fingerprint density at radius 1 is 1.08 bits per heavy atom. The van der Waals surface area contributed by atoms with Crippen LogP contribution in [-0.4, -0.2) is 49.3 Å². The molecule has 36 heavy (non-hydrogen) atoms. The normalized spacial score (nSPS) is 16.5. The van der Waals surface area contributed by atoms with Gasteiger partial charge in [-0.2, -0.15) is 0 Å². The fraction of sp³-hybridized carbons (Fsp3) is 0.310. The number of aryl methyl sites for hydroxylation is 1. The summed E-state index contributed by atoms with van der Waals surface area (Å²) >= 11 is 0. The molecule has 2 heterocycles. The summed E-state index contributed by atoms with van der Waals surface area (Å²) in [5.74, 6) is 2.44. The molecule has 0 aliphatic carbocycles. The van der Waals surface area contributed by atoms with Crippen LogP contribution in [0.3, 0.4) is 0 Å². The summed E-state index contributed by atoms with van der Waals surface area (Å²) in [6.45, 7) is 6.48. The van der Waals surface area contributed by atoms with E-state index in [9.17, 15) is 4.79 Å². The zero-order chi connectivity index (χ0) is 25.3. The molecule has 4 rings (SSSR count). The zero-order valence-electron chi connectivity index (χ0n) is 21.1. The molecule has 0 saturated carbocycles. The van der Waals surface area contributed by atoms with Crippen LogP contribution in [0.1, 0.15) is 24.5 Å². The number of benzene rings is 2. The molecule has 7 heteroatoms. The minimum atomic E-state index is -0.115. The van der Waals surface area contributed by atoms with Gasteiger partial charge in [0.05, 0.1) is 19.0 Å². The fourth-order valence-electron chi connectivity index (χ4n) is 4.16. The van der Waals surface area contributed by atoms with Crippen LogP contribution in [0.25, 0.3) is 6.08 Å². The molecule has 1 aliphatic heterocycles. The maximum absolute atomic E-state index is 12.7. The Bertz CT molecular complexity index is 1190. The van der Waals surface area contributed by atoms with Gasteiger partial charge in [-0.3, -0.25) is 0 Å². The van der Waals surface area contributed by atoms with Crippen molar-refractivity contribution in [1.82, 2.24) is 9.88 Å². The summed E-state index contributed by atoms with van der Waals surface area (Å²) in [7, 11) is 1.56. The van der Waals surface area contributed by atoms with Gasteiger partial charge in [0, 0.05) is 19.2 Å². The monoisotopic (exact) mass is 487 g/mol. The minimum Gasteiger partial charge on any atom is -0.490 e. The number of rotatable bonds is 8. The molecule has 3 aromatic rings. The third-order valence-electron chi connectivity index (χ3n) is 6.10. The van der Waals surface area contributed by atoms with Crippen molar-refractivity contribution < 1.29 is 19.0 Å². The van der Waals surface area contributed by atoms with Gasteiger partial charge in [-0.15, -0.1) is 0 Å². The Kier molecular flexibility index (Phi) is 8.44. The molecule has 2 amide bonds. The van der Waals surface area contributed by atoms with Crippen LogP contribution in [0.4, 0.5) is 10.5 Å². The smallest absolute Gasteiger partial charge is 0.321 e. The van der Waals surface area contributed by atoms with Gasteiger partial charge in [0.15, 0.2) is 0 Å². The number of amides is 2. The third-order valence-corrected chi connectivity index (χ3v) is 6.10. The Labute approximate surface area is 212 Å². The number of likely N-dealkylation sites (tertiary alicyclic amines) is 1. The van der Waals surface area contributed by atoms with Crippen LogP contribution >= 0.6 is 0 Å². The largest absolute Gasteiger partial charge is 0.490 e. The van der Waals surface area contributed by atoms with E-state index >= 15 is 0 Å². The van der Waals surface area contributed by atoms with Crippen LogP contribution in [0, 0.1) is 12.8 Å². The predicted octanol–water partition coefficient (Wildman–Crippen LogP) is 5.81. The van der Waals surface area contributed by atoms with Crippen molar-refractivity contribution in [2.24, 2.45) is 5.92 Å². The number of hydrogen-bond acceptors (Lipinski definition) is 5. The average Bonchev–Trinajstić information content (AvgIpc) is 2.88. The molecule has 1 saturated heterocycles. The predicted molar refractivity (Wildman–Crippen MR) is 142 cm³/mol. The number of nitrogens with one attached hydrogen (secondary N) is 1. The highest BCUT2D eigenvalue weighted by atomic mass is 16.5. The topological polar surface area (TPSA) is 72.9 Å². The van der Waals surface area contributed by atoms with E-state index < -0.39 is 0 Å². The maximum Gasteiger partial charge on any atom is 0.321 e. The highest BCUT2D eigenvalue weighted by Gasteiger charge is 2.24. The number of methoxy groups -OCH3 is 1. The summed E-state index contributed by atoms with van der Waals surface area (Å²) in [5, 5.41) is 2.92. The summed E-state index contributed by atoms with van der Waals surface area (Å²) in [6.07, 6.45) is 4.63. The van der Waals surface area contributed by atoms with E-state index in [2.05, 4.69) is 29.4 Å². The molecule has 188 valence electrons. The van der Waals surface area contributed by atoms with Gasteiger partial charge in [-0.25, -0.2) is 9.78 Å². The first-order valence-corrected chi connectivity index (χ1v) is 12.2. The molecule has 1 unspecified atom stereocenters. The van der Waals surface area contributed by atoms with E-state index in [1.54, 1.807) is 25.4 Å². The Balaban J connectivity index is 1.27. The van der Waals surface area contributed by atoms with Crippen molar-refractivity contribution >= 4 is 17.8 Å². The Morgan fingerprint density at radius 3 is 2.50 bits per heavy atom. The molecule has 1 aliphatic rings. The van der Waals surface area contributed by atoms with E-state index in [0.29, 0.717) is 37.9 Å². The number of ether oxygens (including phenoxy) is 3. The fourth-order valence-corrected chi connectivity index (χ4v) is 4.16. The second-order valence-corrected chi connectivity index (χ2v) is 8.92. The van der Waals surface area contributed by atoms with Crippen LogP contribution in [0.15, 0.2) is 72.4 Å². The van der Waals surface area contributed by atoms with E-state index in [0.717, 1.165) is 23.5 Å². The number of anilines is 1. The summed E-state index contributed by atoms with van der Waals surface area (Å²) in [5.41, 5.74) is 4.24.